The average Bonchev–Trinajstić information content (AvgIpc) is 2.75. The van der Waals surface area contributed by atoms with Crippen LogP contribution in [0.4, 0.5) is 18.9 Å². The van der Waals surface area contributed by atoms with E-state index >= 15 is 0 Å². The lowest BCUT2D eigenvalue weighted by atomic mass is 9.99. The van der Waals surface area contributed by atoms with Crippen LogP contribution < -0.4 is 4.90 Å². The molecule has 1 heterocycles. The Morgan fingerprint density at radius 3 is 2.09 bits per heavy atom. The molecule has 1 aliphatic heterocycles. The van der Waals surface area contributed by atoms with Crippen molar-refractivity contribution in [3.63, 3.8) is 0 Å². The van der Waals surface area contributed by atoms with Gasteiger partial charge in [-0.05, 0) is 53.1 Å². The number of hydrogen-bond acceptors (Lipinski definition) is 4. The van der Waals surface area contributed by atoms with Crippen LogP contribution in [0.3, 0.4) is 0 Å². The minimum Gasteiger partial charge on any atom is -0.367 e. The Morgan fingerprint density at radius 2 is 1.47 bits per heavy atom. The van der Waals surface area contributed by atoms with Crippen molar-refractivity contribution >= 4 is 15.5 Å². The predicted molar refractivity (Wildman–Crippen MR) is 119 cm³/mol. The van der Waals surface area contributed by atoms with Crippen LogP contribution in [0.5, 0.6) is 0 Å². The Kier molecular flexibility index (Phi) is 6.26. The SMILES string of the molecule is CS(=O)(=O)c1ccc(-c2ccc(F)cc2)c(CN2CCN(c3ccc(F)cc3F)CC2)c1. The zero-order chi connectivity index (χ0) is 22.9. The maximum absolute atomic E-state index is 14.1. The van der Waals surface area contributed by atoms with E-state index in [4.69, 9.17) is 0 Å². The molecule has 0 spiro atoms. The number of halogens is 3. The van der Waals surface area contributed by atoms with Gasteiger partial charge in [0.05, 0.1) is 10.6 Å². The minimum absolute atomic E-state index is 0.227. The second kappa shape index (κ2) is 8.96. The Balaban J connectivity index is 1.56. The molecule has 4 nitrogen and oxygen atoms in total. The van der Waals surface area contributed by atoms with Gasteiger partial charge in [-0.25, -0.2) is 21.6 Å². The van der Waals surface area contributed by atoms with Gasteiger partial charge in [0, 0.05) is 45.0 Å². The van der Waals surface area contributed by atoms with Crippen LogP contribution in [0.25, 0.3) is 11.1 Å². The van der Waals surface area contributed by atoms with Crippen LogP contribution >= 0.6 is 0 Å². The van der Waals surface area contributed by atoms with Crippen LogP contribution in [0.2, 0.25) is 0 Å². The fraction of sp³-hybridized carbons (Fsp3) is 0.250. The van der Waals surface area contributed by atoms with Crippen molar-refractivity contribution in [1.82, 2.24) is 4.90 Å². The summed E-state index contributed by atoms with van der Waals surface area (Å²) >= 11 is 0. The van der Waals surface area contributed by atoms with Crippen molar-refractivity contribution in [2.75, 3.05) is 37.3 Å². The molecule has 168 valence electrons. The fourth-order valence-corrected chi connectivity index (χ4v) is 4.64. The zero-order valence-corrected chi connectivity index (χ0v) is 18.4. The number of hydrogen-bond donors (Lipinski definition) is 0. The van der Waals surface area contributed by atoms with Gasteiger partial charge in [-0.3, -0.25) is 4.90 Å². The average molecular weight is 461 g/mol. The monoisotopic (exact) mass is 460 g/mol. The van der Waals surface area contributed by atoms with Gasteiger partial charge in [0.2, 0.25) is 0 Å². The third-order valence-corrected chi connectivity index (χ3v) is 6.79. The van der Waals surface area contributed by atoms with Crippen LogP contribution in [-0.4, -0.2) is 45.8 Å². The summed E-state index contributed by atoms with van der Waals surface area (Å²) in [6.07, 6.45) is 1.17. The fourth-order valence-electron chi connectivity index (χ4n) is 3.97. The van der Waals surface area contributed by atoms with Crippen molar-refractivity contribution in [3.05, 3.63) is 83.7 Å². The summed E-state index contributed by atoms with van der Waals surface area (Å²) in [7, 11) is -3.38. The first-order valence-electron chi connectivity index (χ1n) is 10.2. The smallest absolute Gasteiger partial charge is 0.175 e. The molecule has 0 radical (unpaired) electrons. The third-order valence-electron chi connectivity index (χ3n) is 5.68. The molecule has 4 rings (SSSR count). The molecule has 0 bridgehead atoms. The van der Waals surface area contributed by atoms with Crippen LogP contribution in [0, 0.1) is 17.5 Å². The van der Waals surface area contributed by atoms with Crippen molar-refractivity contribution in [1.29, 1.82) is 0 Å². The first kappa shape index (κ1) is 22.4. The highest BCUT2D eigenvalue weighted by atomic mass is 32.2. The number of sulfone groups is 1. The summed E-state index contributed by atoms with van der Waals surface area (Å²) in [5.74, 6) is -1.53. The first-order chi connectivity index (χ1) is 15.2. The molecule has 8 heteroatoms. The Hall–Kier alpha value is -2.84. The zero-order valence-electron chi connectivity index (χ0n) is 17.6. The highest BCUT2D eigenvalue weighted by Crippen LogP contribution is 2.29. The van der Waals surface area contributed by atoms with E-state index in [1.165, 1.54) is 30.5 Å². The second-order valence-electron chi connectivity index (χ2n) is 7.96. The maximum atomic E-state index is 14.1. The third kappa shape index (κ3) is 4.97. The van der Waals surface area contributed by atoms with Gasteiger partial charge in [-0.2, -0.15) is 0 Å². The summed E-state index contributed by atoms with van der Waals surface area (Å²) < 4.78 is 64.9. The topological polar surface area (TPSA) is 40.6 Å². The van der Waals surface area contributed by atoms with Crippen LogP contribution in [0.1, 0.15) is 5.56 Å². The van der Waals surface area contributed by atoms with E-state index in [2.05, 4.69) is 4.90 Å². The largest absolute Gasteiger partial charge is 0.367 e. The normalized spacial score (nSPS) is 15.2. The van der Waals surface area contributed by atoms with Gasteiger partial charge >= 0.3 is 0 Å². The summed E-state index contributed by atoms with van der Waals surface area (Å²) in [4.78, 5) is 4.26. The van der Waals surface area contributed by atoms with Gasteiger partial charge < -0.3 is 4.90 Å². The Labute approximate surface area is 185 Å². The number of nitrogens with zero attached hydrogens (tertiary/aromatic N) is 2. The molecule has 0 aromatic heterocycles. The standard InChI is InChI=1S/C24H23F3N2O2S/c1-32(30,31)21-7-8-22(17-2-4-19(25)5-3-17)18(14-21)16-28-10-12-29(13-11-28)24-9-6-20(26)15-23(24)27/h2-9,14-15H,10-13,16H2,1H3. The molecule has 0 aliphatic carbocycles. The molecule has 0 atom stereocenters. The number of benzene rings is 3. The van der Waals surface area contributed by atoms with E-state index in [1.54, 1.807) is 30.3 Å². The Morgan fingerprint density at radius 1 is 0.812 bits per heavy atom. The summed E-state index contributed by atoms with van der Waals surface area (Å²) in [6.45, 7) is 2.86. The lowest BCUT2D eigenvalue weighted by Gasteiger charge is -2.36. The van der Waals surface area contributed by atoms with E-state index in [9.17, 15) is 21.6 Å². The highest BCUT2D eigenvalue weighted by molar-refractivity contribution is 7.90. The van der Waals surface area contributed by atoms with Crippen molar-refractivity contribution in [3.8, 4) is 11.1 Å². The van der Waals surface area contributed by atoms with E-state index in [1.807, 2.05) is 4.90 Å². The van der Waals surface area contributed by atoms with E-state index in [-0.39, 0.29) is 10.7 Å². The second-order valence-corrected chi connectivity index (χ2v) is 9.97. The molecular weight excluding hydrogens is 437 g/mol. The molecule has 0 N–H and O–H groups in total. The summed E-state index contributed by atoms with van der Waals surface area (Å²) in [6, 6.07) is 14.6. The number of piperazine rings is 1. The van der Waals surface area contributed by atoms with E-state index < -0.39 is 21.5 Å². The number of rotatable bonds is 5. The van der Waals surface area contributed by atoms with Crippen LogP contribution in [-0.2, 0) is 16.4 Å². The predicted octanol–water partition coefficient (Wildman–Crippen LogP) is 4.50. The van der Waals surface area contributed by atoms with E-state index in [0.717, 1.165) is 22.8 Å². The minimum atomic E-state index is -3.38. The van der Waals surface area contributed by atoms with E-state index in [0.29, 0.717) is 38.4 Å². The highest BCUT2D eigenvalue weighted by Gasteiger charge is 2.21. The lowest BCUT2D eigenvalue weighted by Crippen LogP contribution is -2.46. The lowest BCUT2D eigenvalue weighted by molar-refractivity contribution is 0.249. The van der Waals surface area contributed by atoms with Gasteiger partial charge in [-0.1, -0.05) is 18.2 Å². The molecule has 0 unspecified atom stereocenters. The maximum Gasteiger partial charge on any atom is 0.175 e. The number of anilines is 1. The van der Waals surface area contributed by atoms with Crippen LogP contribution in [0.15, 0.2) is 65.6 Å². The molecule has 0 amide bonds. The molecule has 0 saturated carbocycles. The van der Waals surface area contributed by atoms with Crippen molar-refractivity contribution in [2.24, 2.45) is 0 Å². The molecule has 1 fully saturated rings. The van der Waals surface area contributed by atoms with Gasteiger partial charge in [0.25, 0.3) is 0 Å². The Bertz CT molecular complexity index is 1220. The molecule has 32 heavy (non-hydrogen) atoms. The molecule has 3 aromatic rings. The quantitative estimate of drug-likeness (QED) is 0.562. The van der Waals surface area contributed by atoms with Gasteiger partial charge in [0.15, 0.2) is 9.84 Å². The summed E-state index contributed by atoms with van der Waals surface area (Å²) in [5.41, 5.74) is 2.83. The van der Waals surface area contributed by atoms with Crippen molar-refractivity contribution in [2.45, 2.75) is 11.4 Å². The van der Waals surface area contributed by atoms with Gasteiger partial charge in [0.1, 0.15) is 17.5 Å². The molecular formula is C24H23F3N2O2S. The van der Waals surface area contributed by atoms with Crippen molar-refractivity contribution < 1.29 is 21.6 Å². The molecule has 1 saturated heterocycles. The molecule has 3 aromatic carbocycles. The molecule has 1 aliphatic rings. The summed E-state index contributed by atoms with van der Waals surface area (Å²) in [5, 5.41) is 0. The van der Waals surface area contributed by atoms with Gasteiger partial charge in [-0.15, -0.1) is 0 Å². The first-order valence-corrected chi connectivity index (χ1v) is 12.1.